The Morgan fingerprint density at radius 2 is 1.80 bits per heavy atom. The van der Waals surface area contributed by atoms with Crippen molar-refractivity contribution in [2.45, 2.75) is 43.7 Å². The van der Waals surface area contributed by atoms with Crippen LogP contribution in [0.15, 0.2) is 58.5 Å². The Bertz CT molecular complexity index is 1270. The third kappa shape index (κ3) is 6.15. The Morgan fingerprint density at radius 1 is 1.09 bits per heavy atom. The van der Waals surface area contributed by atoms with Crippen LogP contribution in [0.1, 0.15) is 22.3 Å². The number of rotatable bonds is 9. The smallest absolute Gasteiger partial charge is 0.265 e. The lowest BCUT2D eigenvalue weighted by Crippen LogP contribution is -2.26. The maximum Gasteiger partial charge on any atom is 0.265 e. The van der Waals surface area contributed by atoms with Crippen molar-refractivity contribution in [2.24, 2.45) is 0 Å². The van der Waals surface area contributed by atoms with Crippen LogP contribution in [0.4, 0.5) is 0 Å². The zero-order chi connectivity index (χ0) is 25.0. The van der Waals surface area contributed by atoms with Gasteiger partial charge in [-0.2, -0.15) is 4.98 Å². The third-order valence-electron chi connectivity index (χ3n) is 5.69. The number of thioether (sulfide) groups is 1. The SMILES string of the molecule is C[Si](C)(C)CCCc1c(O)nc(SCC(=O)c2ccc3c(c2)OCCO3)n(-c2ccccc2)c1=O. The number of hydrogen-bond donors (Lipinski definition) is 1. The van der Waals surface area contributed by atoms with Gasteiger partial charge in [0.25, 0.3) is 5.56 Å². The van der Waals surface area contributed by atoms with Gasteiger partial charge in [-0.05, 0) is 36.8 Å². The third-order valence-corrected chi connectivity index (χ3v) is 8.48. The van der Waals surface area contributed by atoms with Crippen LogP contribution in [-0.2, 0) is 6.42 Å². The summed E-state index contributed by atoms with van der Waals surface area (Å²) in [6, 6.07) is 15.3. The van der Waals surface area contributed by atoms with Gasteiger partial charge in [0.2, 0.25) is 5.88 Å². The van der Waals surface area contributed by atoms with E-state index in [4.69, 9.17) is 9.47 Å². The molecule has 3 aromatic rings. The van der Waals surface area contributed by atoms with Crippen molar-refractivity contribution < 1.29 is 19.4 Å². The lowest BCUT2D eigenvalue weighted by atomic mass is 10.1. The molecule has 0 spiro atoms. The van der Waals surface area contributed by atoms with Crippen molar-refractivity contribution in [3.63, 3.8) is 0 Å². The predicted octanol–water partition coefficient (Wildman–Crippen LogP) is 4.96. The minimum atomic E-state index is -1.27. The lowest BCUT2D eigenvalue weighted by Gasteiger charge is -2.18. The highest BCUT2D eigenvalue weighted by Gasteiger charge is 2.21. The zero-order valence-corrected chi connectivity index (χ0v) is 22.1. The molecule has 2 aromatic carbocycles. The molecule has 4 rings (SSSR count). The van der Waals surface area contributed by atoms with Crippen molar-refractivity contribution in [1.29, 1.82) is 0 Å². The van der Waals surface area contributed by atoms with Gasteiger partial charge < -0.3 is 14.6 Å². The number of ether oxygens (including phenoxy) is 2. The van der Waals surface area contributed by atoms with Gasteiger partial charge in [0.05, 0.1) is 17.0 Å². The van der Waals surface area contributed by atoms with Crippen LogP contribution in [0.2, 0.25) is 25.7 Å². The van der Waals surface area contributed by atoms with E-state index >= 15 is 0 Å². The van der Waals surface area contributed by atoms with Gasteiger partial charge in [-0.3, -0.25) is 14.2 Å². The van der Waals surface area contributed by atoms with Gasteiger partial charge >= 0.3 is 0 Å². The molecule has 0 unspecified atom stereocenters. The van der Waals surface area contributed by atoms with E-state index in [1.807, 2.05) is 30.3 Å². The molecule has 0 saturated carbocycles. The Morgan fingerprint density at radius 3 is 2.51 bits per heavy atom. The molecule has 0 amide bonds. The number of aromatic hydroxyl groups is 1. The molecule has 0 bridgehead atoms. The summed E-state index contributed by atoms with van der Waals surface area (Å²) in [6.45, 7) is 7.77. The Balaban J connectivity index is 1.60. The number of benzene rings is 2. The summed E-state index contributed by atoms with van der Waals surface area (Å²) in [4.78, 5) is 30.8. The van der Waals surface area contributed by atoms with Crippen LogP contribution >= 0.6 is 11.8 Å². The molecule has 1 aromatic heterocycles. The Hall–Kier alpha value is -3.04. The first-order valence-corrected chi connectivity index (χ1v) is 16.4. The molecule has 35 heavy (non-hydrogen) atoms. The van der Waals surface area contributed by atoms with E-state index in [1.165, 1.54) is 4.57 Å². The van der Waals surface area contributed by atoms with E-state index in [1.54, 1.807) is 18.2 Å². The van der Waals surface area contributed by atoms with Crippen LogP contribution in [0.5, 0.6) is 17.4 Å². The normalized spacial score (nSPS) is 13.0. The van der Waals surface area contributed by atoms with E-state index in [2.05, 4.69) is 24.6 Å². The molecule has 7 nitrogen and oxygen atoms in total. The van der Waals surface area contributed by atoms with Crippen LogP contribution in [0, 0.1) is 0 Å². The quantitative estimate of drug-likeness (QED) is 0.188. The summed E-state index contributed by atoms with van der Waals surface area (Å²) in [6.07, 6.45) is 1.29. The molecule has 0 aliphatic carbocycles. The summed E-state index contributed by atoms with van der Waals surface area (Å²) in [5.74, 6) is 0.820. The molecule has 9 heteroatoms. The monoisotopic (exact) mass is 510 g/mol. The largest absolute Gasteiger partial charge is 0.493 e. The molecule has 1 aliphatic rings. The van der Waals surface area contributed by atoms with Crippen molar-refractivity contribution in [2.75, 3.05) is 19.0 Å². The van der Waals surface area contributed by atoms with E-state index in [0.717, 1.165) is 24.2 Å². The number of ketones is 1. The highest BCUT2D eigenvalue weighted by atomic mass is 32.2. The fourth-order valence-corrected chi connectivity index (χ4v) is 6.00. The van der Waals surface area contributed by atoms with Crippen LogP contribution in [0.3, 0.4) is 0 Å². The second-order valence-electron chi connectivity index (χ2n) is 9.66. The predicted molar refractivity (Wildman–Crippen MR) is 140 cm³/mol. The van der Waals surface area contributed by atoms with Crippen molar-refractivity contribution in [3.05, 3.63) is 70.0 Å². The molecule has 1 N–H and O–H groups in total. The van der Waals surface area contributed by atoms with E-state index < -0.39 is 8.07 Å². The minimum Gasteiger partial charge on any atom is -0.493 e. The fourth-order valence-electron chi connectivity index (χ4n) is 3.87. The standard InChI is InChI=1S/C26H30N2O5SSi/c1-35(2,3)15-7-10-20-24(30)27-26(28(25(20)31)19-8-5-4-6-9-19)34-17-21(29)18-11-12-22-23(16-18)33-14-13-32-22/h4-6,8-9,11-12,16,30H,7,10,13-15,17H2,1-3H3. The molecule has 0 fully saturated rings. The van der Waals surface area contributed by atoms with Crippen molar-refractivity contribution in [3.8, 4) is 23.1 Å². The summed E-state index contributed by atoms with van der Waals surface area (Å²) >= 11 is 1.12. The number of carbonyl (C=O) groups is 1. The number of aromatic nitrogens is 2. The fraction of sp³-hybridized carbons (Fsp3) is 0.346. The number of fused-ring (bicyclic) bond motifs is 1. The van der Waals surface area contributed by atoms with Gasteiger partial charge in [-0.25, -0.2) is 0 Å². The molecule has 0 saturated heterocycles. The molecule has 0 radical (unpaired) electrons. The van der Waals surface area contributed by atoms with Gasteiger partial charge in [-0.15, -0.1) is 0 Å². The van der Waals surface area contributed by atoms with Crippen molar-refractivity contribution in [1.82, 2.24) is 9.55 Å². The maximum atomic E-state index is 13.5. The molecule has 1 aliphatic heterocycles. The summed E-state index contributed by atoms with van der Waals surface area (Å²) in [7, 11) is -1.27. The van der Waals surface area contributed by atoms with Crippen LogP contribution in [-0.4, -0.2) is 47.5 Å². The van der Waals surface area contributed by atoms with Crippen molar-refractivity contribution >= 4 is 25.6 Å². The molecule has 184 valence electrons. The van der Waals surface area contributed by atoms with E-state index in [0.29, 0.717) is 47.9 Å². The summed E-state index contributed by atoms with van der Waals surface area (Å²) < 4.78 is 12.6. The van der Waals surface area contributed by atoms with Crippen LogP contribution < -0.4 is 15.0 Å². The molecule has 2 heterocycles. The second kappa shape index (κ2) is 10.7. The molecular weight excluding hydrogens is 480 g/mol. The molecule has 0 atom stereocenters. The van der Waals surface area contributed by atoms with E-state index in [9.17, 15) is 14.7 Å². The Labute approximate surface area is 210 Å². The zero-order valence-electron chi connectivity index (χ0n) is 20.2. The number of para-hydroxylation sites is 1. The summed E-state index contributed by atoms with van der Waals surface area (Å²) in [5.41, 5.74) is 1.15. The second-order valence-corrected chi connectivity index (χ2v) is 16.2. The number of carbonyl (C=O) groups excluding carboxylic acids is 1. The maximum absolute atomic E-state index is 13.5. The summed E-state index contributed by atoms with van der Waals surface area (Å²) in [5, 5.41) is 10.9. The van der Waals surface area contributed by atoms with E-state index in [-0.39, 0.29) is 28.1 Å². The topological polar surface area (TPSA) is 90.7 Å². The first-order chi connectivity index (χ1) is 16.7. The van der Waals surface area contributed by atoms with Gasteiger partial charge in [0.15, 0.2) is 22.4 Å². The first-order valence-electron chi connectivity index (χ1n) is 11.7. The Kier molecular flexibility index (Phi) is 7.66. The average Bonchev–Trinajstić information content (AvgIpc) is 2.84. The highest BCUT2D eigenvalue weighted by Crippen LogP contribution is 2.32. The minimum absolute atomic E-state index is 0.0489. The average molecular weight is 511 g/mol. The van der Waals surface area contributed by atoms with Crippen LogP contribution in [0.25, 0.3) is 5.69 Å². The first kappa shape index (κ1) is 25.1. The van der Waals surface area contributed by atoms with Gasteiger partial charge in [-0.1, -0.05) is 62.1 Å². The molecular formula is C26H30N2O5SSi. The number of hydrogen-bond acceptors (Lipinski definition) is 7. The number of nitrogens with zero attached hydrogens (tertiary/aromatic N) is 2. The number of Topliss-reactive ketones (excluding diaryl/α,β-unsaturated/α-hetero) is 1. The van der Waals surface area contributed by atoms with Gasteiger partial charge in [0, 0.05) is 13.6 Å². The lowest BCUT2D eigenvalue weighted by molar-refractivity contribution is 0.102. The van der Waals surface area contributed by atoms with Gasteiger partial charge in [0.1, 0.15) is 13.2 Å². The highest BCUT2D eigenvalue weighted by molar-refractivity contribution is 7.99.